The molecule has 1 heterocycles. The smallest absolute Gasteiger partial charge is 0.249 e. The van der Waals surface area contributed by atoms with Gasteiger partial charge in [0.2, 0.25) is 11.8 Å². The molecule has 0 aromatic carbocycles. The lowest BCUT2D eigenvalue weighted by Crippen LogP contribution is -2.73. The van der Waals surface area contributed by atoms with Crippen molar-refractivity contribution < 1.29 is 14.3 Å². The van der Waals surface area contributed by atoms with Gasteiger partial charge in [0.05, 0.1) is 12.1 Å². The van der Waals surface area contributed by atoms with Gasteiger partial charge < -0.3 is 15.0 Å². The number of hydrogen-bond donors (Lipinski definition) is 1. The van der Waals surface area contributed by atoms with E-state index in [9.17, 15) is 9.59 Å². The highest BCUT2D eigenvalue weighted by Crippen LogP contribution is 2.37. The second-order valence-electron chi connectivity index (χ2n) is 6.62. The Balaban J connectivity index is 2.37. The molecule has 0 aromatic heterocycles. The molecule has 1 aliphatic carbocycles. The lowest BCUT2D eigenvalue weighted by molar-refractivity contribution is -0.164. The van der Waals surface area contributed by atoms with Crippen molar-refractivity contribution in [1.82, 2.24) is 10.2 Å². The fourth-order valence-corrected chi connectivity index (χ4v) is 3.67. The minimum absolute atomic E-state index is 0.0156. The third-order valence-electron chi connectivity index (χ3n) is 4.60. The lowest BCUT2D eigenvalue weighted by atomic mass is 9.86. The molecule has 1 unspecified atom stereocenters. The minimum atomic E-state index is -0.659. The van der Waals surface area contributed by atoms with Crippen molar-refractivity contribution >= 4 is 11.8 Å². The first-order chi connectivity index (χ1) is 9.38. The standard InChI is InChI=1S/C15H26N2O3/c1-5-11-12(18)16-15(8-6-7-9-15)13(19)17(11)14(2,3)10-20-4/h11H,5-10H2,1-4H3,(H,16,18). The third-order valence-corrected chi connectivity index (χ3v) is 4.60. The van der Waals surface area contributed by atoms with E-state index >= 15 is 0 Å². The van der Waals surface area contributed by atoms with Crippen LogP contribution in [-0.2, 0) is 14.3 Å². The zero-order valence-corrected chi connectivity index (χ0v) is 13.0. The maximum atomic E-state index is 13.0. The third kappa shape index (κ3) is 2.32. The molecule has 1 spiro atoms. The van der Waals surface area contributed by atoms with Crippen LogP contribution >= 0.6 is 0 Å². The fourth-order valence-electron chi connectivity index (χ4n) is 3.67. The molecule has 2 rings (SSSR count). The predicted molar refractivity (Wildman–Crippen MR) is 76.2 cm³/mol. The SMILES string of the molecule is CCC1C(=O)NC2(CCCC2)C(=O)N1C(C)(C)COC. The van der Waals surface area contributed by atoms with E-state index in [4.69, 9.17) is 4.74 Å². The molecule has 1 N–H and O–H groups in total. The molecular formula is C15H26N2O3. The highest BCUT2D eigenvalue weighted by Gasteiger charge is 2.54. The molecule has 1 saturated heterocycles. The van der Waals surface area contributed by atoms with Gasteiger partial charge in [-0.1, -0.05) is 19.8 Å². The average molecular weight is 282 g/mol. The molecule has 1 saturated carbocycles. The van der Waals surface area contributed by atoms with Crippen LogP contribution in [0.2, 0.25) is 0 Å². The van der Waals surface area contributed by atoms with Gasteiger partial charge in [-0.15, -0.1) is 0 Å². The molecule has 5 nitrogen and oxygen atoms in total. The molecule has 20 heavy (non-hydrogen) atoms. The molecule has 2 aliphatic rings. The monoisotopic (exact) mass is 282 g/mol. The van der Waals surface area contributed by atoms with Crippen LogP contribution in [0.25, 0.3) is 0 Å². The van der Waals surface area contributed by atoms with Crippen LogP contribution in [0.3, 0.4) is 0 Å². The highest BCUT2D eigenvalue weighted by molar-refractivity contribution is 6.00. The molecule has 2 fully saturated rings. The summed E-state index contributed by atoms with van der Waals surface area (Å²) in [4.78, 5) is 27.3. The van der Waals surface area contributed by atoms with E-state index in [0.29, 0.717) is 13.0 Å². The molecule has 1 atom stereocenters. The Kier molecular flexibility index (Phi) is 4.09. The van der Waals surface area contributed by atoms with Crippen LogP contribution in [0.5, 0.6) is 0 Å². The Morgan fingerprint density at radius 2 is 1.95 bits per heavy atom. The van der Waals surface area contributed by atoms with E-state index in [1.54, 1.807) is 12.0 Å². The summed E-state index contributed by atoms with van der Waals surface area (Å²) in [6, 6.07) is -0.390. The summed E-state index contributed by atoms with van der Waals surface area (Å²) in [7, 11) is 1.63. The number of carbonyl (C=O) groups is 2. The average Bonchev–Trinajstić information content (AvgIpc) is 2.82. The quantitative estimate of drug-likeness (QED) is 0.849. The predicted octanol–water partition coefficient (Wildman–Crippen LogP) is 1.46. The van der Waals surface area contributed by atoms with Crippen molar-refractivity contribution in [1.29, 1.82) is 0 Å². The van der Waals surface area contributed by atoms with Crippen molar-refractivity contribution in [2.45, 2.75) is 70.0 Å². The zero-order valence-electron chi connectivity index (χ0n) is 13.0. The summed E-state index contributed by atoms with van der Waals surface area (Å²) < 4.78 is 5.26. The summed E-state index contributed by atoms with van der Waals surface area (Å²) in [5, 5.41) is 3.02. The molecule has 5 heteroatoms. The van der Waals surface area contributed by atoms with Crippen LogP contribution in [0.1, 0.15) is 52.9 Å². The Bertz CT molecular complexity index is 400. The van der Waals surface area contributed by atoms with Gasteiger partial charge in [-0.3, -0.25) is 9.59 Å². The van der Waals surface area contributed by atoms with E-state index in [0.717, 1.165) is 25.7 Å². The maximum absolute atomic E-state index is 13.0. The summed E-state index contributed by atoms with van der Waals surface area (Å²) in [6.07, 6.45) is 4.14. The van der Waals surface area contributed by atoms with Crippen LogP contribution in [0, 0.1) is 0 Å². The highest BCUT2D eigenvalue weighted by atomic mass is 16.5. The summed E-state index contributed by atoms with van der Waals surface area (Å²) in [5.74, 6) is 0.0571. The Morgan fingerprint density at radius 3 is 2.45 bits per heavy atom. The van der Waals surface area contributed by atoms with Crippen molar-refractivity contribution in [3.05, 3.63) is 0 Å². The number of methoxy groups -OCH3 is 1. The summed E-state index contributed by atoms with van der Waals surface area (Å²) in [6.45, 7) is 6.31. The van der Waals surface area contributed by atoms with Gasteiger partial charge in [0, 0.05) is 7.11 Å². The maximum Gasteiger partial charge on any atom is 0.249 e. The van der Waals surface area contributed by atoms with Gasteiger partial charge in [0.1, 0.15) is 11.6 Å². The number of ether oxygens (including phenoxy) is 1. The second-order valence-corrected chi connectivity index (χ2v) is 6.62. The number of hydrogen-bond acceptors (Lipinski definition) is 3. The first-order valence-electron chi connectivity index (χ1n) is 7.53. The van der Waals surface area contributed by atoms with E-state index < -0.39 is 11.1 Å². The fraction of sp³-hybridized carbons (Fsp3) is 0.867. The second kappa shape index (κ2) is 5.35. The van der Waals surface area contributed by atoms with Crippen LogP contribution in [-0.4, -0.2) is 47.6 Å². The topological polar surface area (TPSA) is 58.6 Å². The van der Waals surface area contributed by atoms with Gasteiger partial charge in [0.15, 0.2) is 0 Å². The Morgan fingerprint density at radius 1 is 1.35 bits per heavy atom. The van der Waals surface area contributed by atoms with E-state index in [1.165, 1.54) is 0 Å². The molecule has 1 aliphatic heterocycles. The van der Waals surface area contributed by atoms with Crippen LogP contribution < -0.4 is 5.32 Å². The van der Waals surface area contributed by atoms with Crippen molar-refractivity contribution in [3.63, 3.8) is 0 Å². The lowest BCUT2D eigenvalue weighted by Gasteiger charge is -2.50. The number of nitrogens with zero attached hydrogens (tertiary/aromatic N) is 1. The van der Waals surface area contributed by atoms with E-state index in [-0.39, 0.29) is 17.9 Å². The van der Waals surface area contributed by atoms with E-state index in [2.05, 4.69) is 5.32 Å². The zero-order chi connectivity index (χ0) is 15.0. The van der Waals surface area contributed by atoms with Crippen molar-refractivity contribution in [2.24, 2.45) is 0 Å². The molecule has 0 bridgehead atoms. The normalized spacial score (nSPS) is 26.2. The molecule has 0 radical (unpaired) electrons. The van der Waals surface area contributed by atoms with Gasteiger partial charge >= 0.3 is 0 Å². The number of carbonyl (C=O) groups excluding carboxylic acids is 2. The van der Waals surface area contributed by atoms with Crippen molar-refractivity contribution in [2.75, 3.05) is 13.7 Å². The Labute approximate surface area is 121 Å². The summed E-state index contributed by atoms with van der Waals surface area (Å²) in [5.41, 5.74) is -1.13. The summed E-state index contributed by atoms with van der Waals surface area (Å²) >= 11 is 0. The molecule has 0 aromatic rings. The van der Waals surface area contributed by atoms with Gasteiger partial charge in [-0.2, -0.15) is 0 Å². The number of amides is 2. The van der Waals surface area contributed by atoms with E-state index in [1.807, 2.05) is 20.8 Å². The first-order valence-corrected chi connectivity index (χ1v) is 7.53. The van der Waals surface area contributed by atoms with Crippen LogP contribution in [0.15, 0.2) is 0 Å². The number of piperazine rings is 1. The van der Waals surface area contributed by atoms with Gasteiger partial charge in [0.25, 0.3) is 0 Å². The van der Waals surface area contributed by atoms with Gasteiger partial charge in [-0.25, -0.2) is 0 Å². The van der Waals surface area contributed by atoms with Crippen molar-refractivity contribution in [3.8, 4) is 0 Å². The minimum Gasteiger partial charge on any atom is -0.382 e. The van der Waals surface area contributed by atoms with Gasteiger partial charge in [-0.05, 0) is 33.1 Å². The molecule has 114 valence electrons. The Hall–Kier alpha value is -1.10. The number of rotatable bonds is 4. The first kappa shape index (κ1) is 15.3. The molecule has 2 amide bonds. The molecular weight excluding hydrogens is 256 g/mol. The number of nitrogens with one attached hydrogen (secondary N) is 1. The van der Waals surface area contributed by atoms with Crippen LogP contribution in [0.4, 0.5) is 0 Å². The largest absolute Gasteiger partial charge is 0.382 e.